The van der Waals surface area contributed by atoms with Crippen LogP contribution >= 0.6 is 0 Å². The number of hydrogen-bond acceptors (Lipinski definition) is 5. The minimum absolute atomic E-state index is 0.163. The molecule has 2 heterocycles. The van der Waals surface area contributed by atoms with Crippen molar-refractivity contribution in [1.29, 1.82) is 0 Å². The van der Waals surface area contributed by atoms with Gasteiger partial charge in [-0.2, -0.15) is 0 Å². The molecule has 0 fully saturated rings. The van der Waals surface area contributed by atoms with Crippen LogP contribution in [0.15, 0.2) is 54.6 Å². The van der Waals surface area contributed by atoms with E-state index in [-0.39, 0.29) is 5.75 Å². The number of fused-ring (bicyclic) bond motifs is 1. The van der Waals surface area contributed by atoms with Gasteiger partial charge in [0.1, 0.15) is 11.4 Å². The summed E-state index contributed by atoms with van der Waals surface area (Å²) in [5.74, 6) is 0.579. The smallest absolute Gasteiger partial charge is 0.201 e. The van der Waals surface area contributed by atoms with Crippen molar-refractivity contribution in [2.75, 3.05) is 17.2 Å². The fourth-order valence-electron chi connectivity index (χ4n) is 3.94. The van der Waals surface area contributed by atoms with E-state index in [1.165, 1.54) is 16.8 Å². The van der Waals surface area contributed by atoms with E-state index in [0.717, 1.165) is 36.2 Å². The highest BCUT2D eigenvalue weighted by Crippen LogP contribution is 2.25. The first-order valence-electron chi connectivity index (χ1n) is 10.7. The zero-order valence-corrected chi connectivity index (χ0v) is 18.3. The van der Waals surface area contributed by atoms with Crippen LogP contribution in [0.2, 0.25) is 0 Å². The van der Waals surface area contributed by atoms with Crippen molar-refractivity contribution in [2.45, 2.75) is 40.3 Å². The Morgan fingerprint density at radius 3 is 2.65 bits per heavy atom. The molecule has 0 saturated carbocycles. The third kappa shape index (κ3) is 4.48. The average molecular weight is 416 g/mol. The Hall–Kier alpha value is -3.54. The van der Waals surface area contributed by atoms with E-state index in [1.807, 2.05) is 17.6 Å². The molecule has 4 aromatic rings. The van der Waals surface area contributed by atoms with Crippen LogP contribution in [-0.4, -0.2) is 26.2 Å². The van der Waals surface area contributed by atoms with Crippen LogP contribution in [0.25, 0.3) is 11.0 Å². The number of nitrogens with two attached hydrogens (primary N) is 1. The zero-order valence-electron chi connectivity index (χ0n) is 18.3. The molecule has 6 heteroatoms. The maximum absolute atomic E-state index is 10.2. The Labute approximate surface area is 183 Å². The molecule has 4 rings (SSSR count). The van der Waals surface area contributed by atoms with Crippen molar-refractivity contribution in [3.8, 4) is 5.75 Å². The van der Waals surface area contributed by atoms with Crippen molar-refractivity contribution in [3.05, 3.63) is 77.1 Å². The Morgan fingerprint density at radius 2 is 1.87 bits per heavy atom. The molecule has 2 aromatic carbocycles. The molecule has 6 nitrogen and oxygen atoms in total. The summed E-state index contributed by atoms with van der Waals surface area (Å²) in [6.45, 7) is 8.37. The summed E-state index contributed by atoms with van der Waals surface area (Å²) in [5, 5.41) is 10.2. The number of benzene rings is 2. The van der Waals surface area contributed by atoms with E-state index in [9.17, 15) is 5.11 Å². The summed E-state index contributed by atoms with van der Waals surface area (Å²) in [7, 11) is 0. The minimum Gasteiger partial charge on any atom is -0.506 e. The van der Waals surface area contributed by atoms with Crippen molar-refractivity contribution >= 4 is 22.7 Å². The normalized spacial score (nSPS) is 11.2. The molecule has 0 amide bonds. The lowest BCUT2D eigenvalue weighted by atomic mass is 10.1. The lowest BCUT2D eigenvalue weighted by Crippen LogP contribution is -2.23. The quantitative estimate of drug-likeness (QED) is 0.453. The molecular weight excluding hydrogens is 386 g/mol. The fraction of sp³-hybridized carbons (Fsp3) is 0.280. The van der Waals surface area contributed by atoms with E-state index in [4.69, 9.17) is 5.73 Å². The molecule has 0 aliphatic carbocycles. The molecule has 0 aliphatic heterocycles. The highest BCUT2D eigenvalue weighted by atomic mass is 16.3. The van der Waals surface area contributed by atoms with Crippen LogP contribution in [0.5, 0.6) is 5.75 Å². The van der Waals surface area contributed by atoms with E-state index in [1.54, 1.807) is 12.1 Å². The van der Waals surface area contributed by atoms with Gasteiger partial charge < -0.3 is 20.3 Å². The van der Waals surface area contributed by atoms with Crippen molar-refractivity contribution in [3.63, 3.8) is 0 Å². The van der Waals surface area contributed by atoms with Crippen LogP contribution in [0, 0.1) is 13.8 Å². The number of aromatic nitrogens is 3. The largest absolute Gasteiger partial charge is 0.506 e. The molecule has 31 heavy (non-hydrogen) atoms. The SMILES string of the molecule is CCCN(Cc1ccc2nc(N)n(Cc3nc(C)ccc3O)c2c1)c1cccc(C)c1. The topological polar surface area (TPSA) is 80.2 Å². The van der Waals surface area contributed by atoms with E-state index in [2.05, 4.69) is 65.1 Å². The Balaban J connectivity index is 1.68. The zero-order chi connectivity index (χ0) is 22.0. The number of nitrogen functional groups attached to an aromatic ring is 1. The summed E-state index contributed by atoms with van der Waals surface area (Å²) in [4.78, 5) is 11.4. The number of aryl methyl sites for hydroxylation is 2. The van der Waals surface area contributed by atoms with Gasteiger partial charge in [-0.3, -0.25) is 4.98 Å². The first-order valence-corrected chi connectivity index (χ1v) is 10.7. The average Bonchev–Trinajstić information content (AvgIpc) is 3.05. The van der Waals surface area contributed by atoms with Crippen LogP contribution in [0.3, 0.4) is 0 Å². The van der Waals surface area contributed by atoms with Crippen molar-refractivity contribution in [2.24, 2.45) is 0 Å². The summed E-state index contributed by atoms with van der Waals surface area (Å²) < 4.78 is 1.91. The summed E-state index contributed by atoms with van der Waals surface area (Å²) in [5.41, 5.74) is 13.1. The predicted octanol–water partition coefficient (Wildman–Crippen LogP) is 4.80. The van der Waals surface area contributed by atoms with Gasteiger partial charge in [-0.1, -0.05) is 25.1 Å². The Bertz CT molecular complexity index is 1210. The van der Waals surface area contributed by atoms with Gasteiger partial charge in [-0.15, -0.1) is 0 Å². The molecule has 2 aromatic heterocycles. The molecule has 0 bridgehead atoms. The first-order chi connectivity index (χ1) is 14.9. The molecule has 0 atom stereocenters. The Kier molecular flexibility index (Phi) is 5.80. The van der Waals surface area contributed by atoms with Gasteiger partial charge in [0.05, 0.1) is 17.6 Å². The van der Waals surface area contributed by atoms with Gasteiger partial charge in [-0.25, -0.2) is 4.98 Å². The number of anilines is 2. The van der Waals surface area contributed by atoms with Crippen LogP contribution in [0.1, 0.15) is 35.9 Å². The molecule has 3 N–H and O–H groups in total. The fourth-order valence-corrected chi connectivity index (χ4v) is 3.94. The predicted molar refractivity (Wildman–Crippen MR) is 126 cm³/mol. The van der Waals surface area contributed by atoms with Crippen molar-refractivity contribution in [1.82, 2.24) is 14.5 Å². The maximum Gasteiger partial charge on any atom is 0.201 e. The highest BCUT2D eigenvalue weighted by molar-refractivity contribution is 5.79. The van der Waals surface area contributed by atoms with Gasteiger partial charge >= 0.3 is 0 Å². The molecule has 0 aliphatic rings. The van der Waals surface area contributed by atoms with Crippen LogP contribution in [0.4, 0.5) is 11.6 Å². The molecule has 160 valence electrons. The van der Waals surface area contributed by atoms with E-state index in [0.29, 0.717) is 18.2 Å². The lowest BCUT2D eigenvalue weighted by Gasteiger charge is -2.25. The minimum atomic E-state index is 0.163. The summed E-state index contributed by atoms with van der Waals surface area (Å²) >= 11 is 0. The van der Waals surface area contributed by atoms with Crippen LogP contribution in [-0.2, 0) is 13.1 Å². The van der Waals surface area contributed by atoms with E-state index < -0.39 is 0 Å². The number of aromatic hydroxyl groups is 1. The second-order valence-corrected chi connectivity index (χ2v) is 8.06. The number of rotatable bonds is 7. The molecular formula is C25H29N5O. The lowest BCUT2D eigenvalue weighted by molar-refractivity contribution is 0.461. The maximum atomic E-state index is 10.2. The summed E-state index contributed by atoms with van der Waals surface area (Å²) in [6, 6.07) is 18.3. The standard InChI is InChI=1S/C25H29N5O/c1-4-12-29(20-7-5-6-17(2)13-20)15-19-9-10-21-23(14-19)30(25(26)28-21)16-22-24(31)11-8-18(3)27-22/h5-11,13-14,31H,4,12,15-16H2,1-3H3,(H2,26,28). The number of imidazole rings is 1. The Morgan fingerprint density at radius 1 is 1.03 bits per heavy atom. The first kappa shape index (κ1) is 20.7. The number of hydrogen-bond donors (Lipinski definition) is 2. The monoisotopic (exact) mass is 415 g/mol. The highest BCUT2D eigenvalue weighted by Gasteiger charge is 2.14. The van der Waals surface area contributed by atoms with Gasteiger partial charge in [0, 0.05) is 24.5 Å². The molecule has 0 unspecified atom stereocenters. The van der Waals surface area contributed by atoms with Gasteiger partial charge in [0.2, 0.25) is 5.95 Å². The molecule has 0 spiro atoms. The van der Waals surface area contributed by atoms with Gasteiger partial charge in [0.25, 0.3) is 0 Å². The van der Waals surface area contributed by atoms with Crippen LogP contribution < -0.4 is 10.6 Å². The third-order valence-electron chi connectivity index (χ3n) is 5.47. The van der Waals surface area contributed by atoms with E-state index >= 15 is 0 Å². The van der Waals surface area contributed by atoms with Gasteiger partial charge in [0.15, 0.2) is 0 Å². The van der Waals surface area contributed by atoms with Crippen molar-refractivity contribution < 1.29 is 5.11 Å². The van der Waals surface area contributed by atoms with Gasteiger partial charge in [-0.05, 0) is 67.8 Å². The summed E-state index contributed by atoms with van der Waals surface area (Å²) in [6.07, 6.45) is 1.07. The molecule has 0 radical (unpaired) electrons. The second kappa shape index (κ2) is 8.68. The number of nitrogens with zero attached hydrogens (tertiary/aromatic N) is 4. The third-order valence-corrected chi connectivity index (χ3v) is 5.47. The number of pyridine rings is 1. The molecule has 0 saturated heterocycles. The second-order valence-electron chi connectivity index (χ2n) is 8.06.